The van der Waals surface area contributed by atoms with E-state index in [0.717, 1.165) is 25.9 Å². The lowest BCUT2D eigenvalue weighted by Gasteiger charge is -2.36. The largest absolute Gasteiger partial charge is 0.456 e. The number of nitrogens with zero attached hydrogens (tertiary/aromatic N) is 1. The van der Waals surface area contributed by atoms with Crippen molar-refractivity contribution < 1.29 is 14.5 Å². The van der Waals surface area contributed by atoms with Crippen LogP contribution in [0.5, 0.6) is 0 Å². The number of para-hydroxylation sites is 1. The van der Waals surface area contributed by atoms with Crippen LogP contribution in [0.15, 0.2) is 30.3 Å². The maximum atomic E-state index is 12.1. The van der Waals surface area contributed by atoms with Crippen LogP contribution >= 0.6 is 0 Å². The fourth-order valence-corrected chi connectivity index (χ4v) is 2.85. The second kappa shape index (κ2) is 7.37. The van der Waals surface area contributed by atoms with Crippen molar-refractivity contribution in [3.05, 3.63) is 46.0 Å². The summed E-state index contributed by atoms with van der Waals surface area (Å²) >= 11 is 0. The highest BCUT2D eigenvalue weighted by molar-refractivity contribution is 5.88. The number of carbonyl (C=O) groups excluding carboxylic acids is 1. The third-order valence-electron chi connectivity index (χ3n) is 4.22. The van der Waals surface area contributed by atoms with Crippen LogP contribution in [0.25, 0.3) is 6.08 Å². The number of nitro groups is 1. The van der Waals surface area contributed by atoms with Crippen molar-refractivity contribution in [2.45, 2.75) is 32.3 Å². The number of ether oxygens (including phenoxy) is 1. The molecule has 0 aromatic heterocycles. The molecule has 1 aromatic carbocycles. The van der Waals surface area contributed by atoms with E-state index in [1.54, 1.807) is 18.2 Å². The van der Waals surface area contributed by atoms with Crippen LogP contribution in [0.3, 0.4) is 0 Å². The Morgan fingerprint density at radius 1 is 1.35 bits per heavy atom. The van der Waals surface area contributed by atoms with E-state index in [0.29, 0.717) is 11.5 Å². The maximum Gasteiger partial charge on any atom is 0.331 e. The summed E-state index contributed by atoms with van der Waals surface area (Å²) < 4.78 is 5.58. The molecular weight excluding hydrogens is 296 g/mol. The van der Waals surface area contributed by atoms with Crippen LogP contribution < -0.4 is 5.32 Å². The fourth-order valence-electron chi connectivity index (χ4n) is 2.85. The molecule has 0 unspecified atom stereocenters. The minimum atomic E-state index is -0.549. The van der Waals surface area contributed by atoms with Gasteiger partial charge in [-0.25, -0.2) is 4.79 Å². The Morgan fingerprint density at radius 3 is 2.65 bits per heavy atom. The van der Waals surface area contributed by atoms with E-state index < -0.39 is 16.5 Å². The molecule has 1 saturated heterocycles. The Balaban J connectivity index is 2.03. The molecule has 1 fully saturated rings. The number of rotatable bonds is 5. The second-order valence-corrected chi connectivity index (χ2v) is 6.20. The van der Waals surface area contributed by atoms with Crippen LogP contribution in [0.1, 0.15) is 32.3 Å². The number of hydrogen-bond donors (Lipinski definition) is 1. The maximum absolute atomic E-state index is 12.1. The van der Waals surface area contributed by atoms with Crippen molar-refractivity contribution in [3.63, 3.8) is 0 Å². The number of benzene rings is 1. The molecule has 0 atom stereocenters. The zero-order chi connectivity index (χ0) is 16.9. The average Bonchev–Trinajstić information content (AvgIpc) is 2.53. The average molecular weight is 318 g/mol. The van der Waals surface area contributed by atoms with Gasteiger partial charge in [0.25, 0.3) is 5.69 Å². The van der Waals surface area contributed by atoms with Crippen molar-refractivity contribution in [1.82, 2.24) is 5.32 Å². The van der Waals surface area contributed by atoms with Crippen LogP contribution in [-0.2, 0) is 9.53 Å². The molecule has 6 heteroatoms. The Bertz CT molecular complexity index is 604. The van der Waals surface area contributed by atoms with Crippen LogP contribution in [0.4, 0.5) is 5.69 Å². The van der Waals surface area contributed by atoms with E-state index >= 15 is 0 Å². The predicted octanol–water partition coefficient (Wildman–Crippen LogP) is 2.93. The van der Waals surface area contributed by atoms with E-state index in [-0.39, 0.29) is 5.69 Å². The lowest BCUT2D eigenvalue weighted by molar-refractivity contribution is -0.385. The fraction of sp³-hybridized carbons (Fsp3) is 0.471. The minimum absolute atomic E-state index is 0.0332. The van der Waals surface area contributed by atoms with Gasteiger partial charge in [-0.1, -0.05) is 12.1 Å². The molecule has 1 aliphatic heterocycles. The highest BCUT2D eigenvalue weighted by Crippen LogP contribution is 2.29. The van der Waals surface area contributed by atoms with Crippen molar-refractivity contribution in [2.75, 3.05) is 13.1 Å². The number of carbonyl (C=O) groups is 1. The molecule has 23 heavy (non-hydrogen) atoms. The van der Waals surface area contributed by atoms with Gasteiger partial charge in [-0.3, -0.25) is 10.1 Å². The molecule has 124 valence electrons. The summed E-state index contributed by atoms with van der Waals surface area (Å²) in [5.41, 5.74) is -0.199. The monoisotopic (exact) mass is 318 g/mol. The number of esters is 1. The highest BCUT2D eigenvalue weighted by Gasteiger charge is 2.33. The van der Waals surface area contributed by atoms with E-state index in [1.807, 2.05) is 13.8 Å². The van der Waals surface area contributed by atoms with E-state index in [1.165, 1.54) is 18.2 Å². The normalized spacial score (nSPS) is 16.4. The lowest BCUT2D eigenvalue weighted by Crippen LogP contribution is -2.42. The van der Waals surface area contributed by atoms with Crippen LogP contribution in [0, 0.1) is 16.0 Å². The SMILES string of the molecule is CC(C)(OC(=O)/C=C/c1ccccc1[N+](=O)[O-])C1CCNCC1. The first kappa shape index (κ1) is 17.1. The molecule has 2 rings (SSSR count). The van der Waals surface area contributed by atoms with Gasteiger partial charge in [0.1, 0.15) is 5.60 Å². The predicted molar refractivity (Wildman–Crippen MR) is 87.9 cm³/mol. The molecule has 0 radical (unpaired) electrons. The summed E-state index contributed by atoms with van der Waals surface area (Å²) in [4.78, 5) is 22.5. The molecule has 1 aromatic rings. The summed E-state index contributed by atoms with van der Waals surface area (Å²) in [6, 6.07) is 6.29. The zero-order valence-electron chi connectivity index (χ0n) is 13.5. The van der Waals surface area contributed by atoms with Gasteiger partial charge in [0.2, 0.25) is 0 Å². The molecule has 1 N–H and O–H groups in total. The van der Waals surface area contributed by atoms with Crippen molar-refractivity contribution in [1.29, 1.82) is 0 Å². The van der Waals surface area contributed by atoms with Gasteiger partial charge < -0.3 is 10.1 Å². The van der Waals surface area contributed by atoms with Gasteiger partial charge in [-0.15, -0.1) is 0 Å². The van der Waals surface area contributed by atoms with E-state index in [4.69, 9.17) is 4.74 Å². The Morgan fingerprint density at radius 2 is 2.00 bits per heavy atom. The molecule has 6 nitrogen and oxygen atoms in total. The molecule has 1 aliphatic rings. The van der Waals surface area contributed by atoms with Gasteiger partial charge >= 0.3 is 5.97 Å². The van der Waals surface area contributed by atoms with Gasteiger partial charge in [-0.05, 0) is 51.9 Å². The summed E-state index contributed by atoms with van der Waals surface area (Å²) in [7, 11) is 0. The van der Waals surface area contributed by atoms with Crippen LogP contribution in [0.2, 0.25) is 0 Å². The summed E-state index contributed by atoms with van der Waals surface area (Å²) in [5.74, 6) is -0.168. The minimum Gasteiger partial charge on any atom is -0.456 e. The van der Waals surface area contributed by atoms with E-state index in [2.05, 4.69) is 5.32 Å². The lowest BCUT2D eigenvalue weighted by atomic mass is 9.83. The summed E-state index contributed by atoms with van der Waals surface area (Å²) in [6.07, 6.45) is 4.62. The van der Waals surface area contributed by atoms with E-state index in [9.17, 15) is 14.9 Å². The second-order valence-electron chi connectivity index (χ2n) is 6.20. The standard InChI is InChI=1S/C17H22N2O4/c1-17(2,14-9-11-18-12-10-14)23-16(20)8-7-13-5-3-4-6-15(13)19(21)22/h3-8,14,18H,9-12H2,1-2H3/b8-7+. The van der Waals surface area contributed by atoms with Gasteiger partial charge in [0.15, 0.2) is 0 Å². The topological polar surface area (TPSA) is 81.5 Å². The quantitative estimate of drug-likeness (QED) is 0.391. The molecule has 1 heterocycles. The first-order chi connectivity index (χ1) is 10.9. The van der Waals surface area contributed by atoms with Gasteiger partial charge in [0, 0.05) is 18.1 Å². The molecule has 0 spiro atoms. The third kappa shape index (κ3) is 4.63. The van der Waals surface area contributed by atoms with Crippen molar-refractivity contribution in [2.24, 2.45) is 5.92 Å². The Hall–Kier alpha value is -2.21. The molecular formula is C17H22N2O4. The summed E-state index contributed by atoms with van der Waals surface area (Å²) in [5, 5.41) is 14.2. The first-order valence-electron chi connectivity index (χ1n) is 7.75. The first-order valence-corrected chi connectivity index (χ1v) is 7.75. The van der Waals surface area contributed by atoms with Crippen LogP contribution in [-0.4, -0.2) is 29.6 Å². The molecule has 0 aliphatic carbocycles. The number of nitrogens with one attached hydrogen (secondary N) is 1. The van der Waals surface area contributed by atoms with Gasteiger partial charge in [-0.2, -0.15) is 0 Å². The molecule has 0 saturated carbocycles. The Labute approximate surface area is 135 Å². The number of hydrogen-bond acceptors (Lipinski definition) is 5. The smallest absolute Gasteiger partial charge is 0.331 e. The zero-order valence-corrected chi connectivity index (χ0v) is 13.5. The Kier molecular flexibility index (Phi) is 5.50. The van der Waals surface area contributed by atoms with Crippen molar-refractivity contribution >= 4 is 17.7 Å². The molecule has 0 bridgehead atoms. The van der Waals surface area contributed by atoms with Crippen molar-refractivity contribution in [3.8, 4) is 0 Å². The number of nitro benzene ring substituents is 1. The number of piperidine rings is 1. The molecule has 0 amide bonds. The third-order valence-corrected chi connectivity index (χ3v) is 4.22. The highest BCUT2D eigenvalue weighted by atomic mass is 16.6. The van der Waals surface area contributed by atoms with Gasteiger partial charge in [0.05, 0.1) is 10.5 Å². The summed E-state index contributed by atoms with van der Waals surface area (Å²) in [6.45, 7) is 5.69.